The van der Waals surface area contributed by atoms with Crippen LogP contribution in [0.5, 0.6) is 0 Å². The van der Waals surface area contributed by atoms with Gasteiger partial charge in [0.05, 0.1) is 33.4 Å². The van der Waals surface area contributed by atoms with E-state index in [0.29, 0.717) is 30.1 Å². The zero-order valence-electron chi connectivity index (χ0n) is 47.3. The summed E-state index contributed by atoms with van der Waals surface area (Å²) in [6.45, 7) is 31.9. The molecule has 1 N–H and O–H groups in total. The molecule has 0 aliphatic carbocycles. The Hall–Kier alpha value is -5.44. The topological polar surface area (TPSA) is 137 Å². The molecule has 0 amide bonds. The smallest absolute Gasteiger partial charge is 0.240 e. The predicted molar refractivity (Wildman–Crippen MR) is 314 cm³/mol. The van der Waals surface area contributed by atoms with Gasteiger partial charge in [0.2, 0.25) is 10.0 Å². The minimum Gasteiger partial charge on any atom is -0.299 e. The maximum atomic E-state index is 12.9. The summed E-state index contributed by atoms with van der Waals surface area (Å²) in [6.07, 6.45) is 9.41. The lowest BCUT2D eigenvalue weighted by Crippen LogP contribution is -2.48. The predicted octanol–water partition coefficient (Wildman–Crippen LogP) is 6.50. The molecule has 8 rings (SSSR count). The number of rotatable bonds is 17. The molecule has 0 bridgehead atoms. The van der Waals surface area contributed by atoms with Crippen LogP contribution in [0.2, 0.25) is 0 Å². The third-order valence-electron chi connectivity index (χ3n) is 14.8. The van der Waals surface area contributed by atoms with Crippen LogP contribution in [0.1, 0.15) is 61.7 Å². The second-order valence-electron chi connectivity index (χ2n) is 21.3. The maximum Gasteiger partial charge on any atom is 0.240 e. The highest BCUT2D eigenvalue weighted by molar-refractivity contribution is 7.89. The molecule has 2 fully saturated rings. The second-order valence-corrected chi connectivity index (χ2v) is 23.1. The number of benzene rings is 1. The molecule has 2 aliphatic heterocycles. The number of hydrogen-bond acceptors (Lipinski definition) is 15. The van der Waals surface area contributed by atoms with E-state index < -0.39 is 10.0 Å². The first kappa shape index (κ1) is 60.2. The lowest BCUT2D eigenvalue weighted by Gasteiger charge is -2.35. The lowest BCUT2D eigenvalue weighted by molar-refractivity contribution is 0.111. The molecule has 1 aromatic carbocycles. The van der Waals surface area contributed by atoms with Gasteiger partial charge >= 0.3 is 0 Å². The maximum absolute atomic E-state index is 12.9. The van der Waals surface area contributed by atoms with Crippen molar-refractivity contribution in [1.82, 2.24) is 68.8 Å². The number of pyridine rings is 5. The van der Waals surface area contributed by atoms with Crippen LogP contribution in [0.3, 0.4) is 0 Å². The molecule has 5 aromatic heterocycles. The Bertz CT molecular complexity index is 2530. The number of aryl methyl sites for hydroxylation is 1. The first-order chi connectivity index (χ1) is 37.9. The Kier molecular flexibility index (Phi) is 25.2. The van der Waals surface area contributed by atoms with Crippen molar-refractivity contribution in [3.63, 3.8) is 0 Å². The summed E-state index contributed by atoms with van der Waals surface area (Å²) in [4.78, 5) is 43.5. The lowest BCUT2D eigenvalue weighted by atomic mass is 10.2. The van der Waals surface area contributed by atoms with Crippen molar-refractivity contribution in [2.24, 2.45) is 0 Å². The Morgan fingerprint density at radius 1 is 0.385 bits per heavy atom. The number of aromatic nitrogens is 5. The van der Waals surface area contributed by atoms with Crippen LogP contribution in [0, 0.1) is 6.92 Å². The third kappa shape index (κ3) is 21.7. The molecule has 7 heterocycles. The van der Waals surface area contributed by atoms with Gasteiger partial charge in [-0.2, -0.15) is 0 Å². The van der Waals surface area contributed by atoms with Gasteiger partial charge in [0.15, 0.2) is 0 Å². The summed E-state index contributed by atoms with van der Waals surface area (Å²) in [5.74, 6) is 0. The first-order valence-corrected chi connectivity index (χ1v) is 29.8. The van der Waals surface area contributed by atoms with Crippen molar-refractivity contribution in [3.8, 4) is 0 Å². The summed E-state index contributed by atoms with van der Waals surface area (Å²) in [7, 11) is -3.55. The summed E-state index contributed by atoms with van der Waals surface area (Å²) in [5.41, 5.74) is 6.58. The summed E-state index contributed by atoms with van der Waals surface area (Å²) < 4.78 is 28.7. The molecular formula is C61H88N14O2S. The minimum atomic E-state index is -3.55. The number of sulfonamides is 1. The van der Waals surface area contributed by atoms with Gasteiger partial charge in [-0.3, -0.25) is 64.1 Å². The molecule has 0 spiro atoms. The Morgan fingerprint density at radius 3 is 0.910 bits per heavy atom. The molecule has 16 nitrogen and oxygen atoms in total. The summed E-state index contributed by atoms with van der Waals surface area (Å²) in [6, 6.07) is 38.8. The Morgan fingerprint density at radius 2 is 0.654 bits per heavy atom. The van der Waals surface area contributed by atoms with E-state index in [4.69, 9.17) is 0 Å². The third-order valence-corrected chi connectivity index (χ3v) is 16.3. The molecule has 420 valence electrons. The normalized spacial score (nSPS) is 17.8. The van der Waals surface area contributed by atoms with Gasteiger partial charge in [-0.05, 0) is 107 Å². The fourth-order valence-electron chi connectivity index (χ4n) is 9.89. The fraction of sp³-hybridized carbons (Fsp3) is 0.492. The highest BCUT2D eigenvalue weighted by atomic mass is 32.2. The largest absolute Gasteiger partial charge is 0.299 e. The molecule has 2 aliphatic rings. The van der Waals surface area contributed by atoms with E-state index in [1.165, 1.54) is 0 Å². The highest BCUT2D eigenvalue weighted by Crippen LogP contribution is 2.14. The SMILES string of the molecule is CC(C)N1CCN(Cc2ccccn2)CCN(Cc2ccccn2)CCN(Cc2ccccn2)CC1.Cc1ccc(S(=O)(=O)NCCN2CCN(Cc3ccccn3)CCN(C(C)C)CCN(Cc3ccccn3)CC2)cc1. The standard InChI is InChI=1S/C32H47N7O2S.C29H41N7/c1-28(2)39-24-22-37(26-30-8-4-6-14-33-30)20-18-36(17-16-35-42(40,41)32-12-10-29(3)11-13-32)19-21-38(23-25-39)27-31-9-5-7-15-34-31;1-26(2)36-21-19-34(24-28-10-4-7-13-31-28)17-15-33(23-27-9-3-6-12-30-27)16-18-35(20-22-36)25-29-11-5-8-14-32-29/h4-15,28,35H,16-27H2,1-3H3;3-14,26H,15-25H2,1-2H3. The van der Waals surface area contributed by atoms with Crippen LogP contribution in [-0.2, 0) is 42.7 Å². The number of nitrogens with zero attached hydrogens (tertiary/aromatic N) is 13. The minimum absolute atomic E-state index is 0.305. The van der Waals surface area contributed by atoms with Gasteiger partial charge in [0.25, 0.3) is 0 Å². The monoisotopic (exact) mass is 1080 g/mol. The zero-order valence-corrected chi connectivity index (χ0v) is 48.1. The second kappa shape index (κ2) is 32.6. The van der Waals surface area contributed by atoms with Crippen LogP contribution < -0.4 is 4.72 Å². The van der Waals surface area contributed by atoms with Gasteiger partial charge in [0, 0.05) is 194 Å². The molecule has 0 saturated carbocycles. The quantitative estimate of drug-likeness (QED) is 0.107. The summed E-state index contributed by atoms with van der Waals surface area (Å²) >= 11 is 0. The van der Waals surface area contributed by atoms with Crippen molar-refractivity contribution in [1.29, 1.82) is 0 Å². The van der Waals surface area contributed by atoms with Crippen LogP contribution in [0.15, 0.2) is 151 Å². The van der Waals surface area contributed by atoms with E-state index >= 15 is 0 Å². The average molecular weight is 1080 g/mol. The highest BCUT2D eigenvalue weighted by Gasteiger charge is 2.22. The Balaban J connectivity index is 0.000000229. The zero-order chi connectivity index (χ0) is 54.8. The van der Waals surface area contributed by atoms with Crippen molar-refractivity contribution >= 4 is 10.0 Å². The van der Waals surface area contributed by atoms with Crippen LogP contribution in [0.25, 0.3) is 0 Å². The molecule has 0 unspecified atom stereocenters. The first-order valence-electron chi connectivity index (χ1n) is 28.3. The molecule has 78 heavy (non-hydrogen) atoms. The van der Waals surface area contributed by atoms with Crippen LogP contribution >= 0.6 is 0 Å². The van der Waals surface area contributed by atoms with E-state index in [1.54, 1.807) is 12.1 Å². The van der Waals surface area contributed by atoms with Gasteiger partial charge in [0.1, 0.15) is 0 Å². The summed E-state index contributed by atoms with van der Waals surface area (Å²) in [5, 5.41) is 0. The van der Waals surface area contributed by atoms with Gasteiger partial charge in [-0.1, -0.05) is 48.0 Å². The van der Waals surface area contributed by atoms with E-state index in [-0.39, 0.29) is 0 Å². The molecule has 0 atom stereocenters. The molecule has 17 heteroatoms. The number of hydrogen-bond donors (Lipinski definition) is 1. The van der Waals surface area contributed by atoms with Crippen molar-refractivity contribution in [3.05, 3.63) is 180 Å². The van der Waals surface area contributed by atoms with Crippen LogP contribution in [0.4, 0.5) is 0 Å². The fourth-order valence-corrected chi connectivity index (χ4v) is 10.9. The number of nitrogens with one attached hydrogen (secondary N) is 1. The molecule has 6 aromatic rings. The van der Waals surface area contributed by atoms with Crippen LogP contribution in [-0.4, -0.2) is 202 Å². The van der Waals surface area contributed by atoms with E-state index in [0.717, 1.165) is 171 Å². The molecule has 2 saturated heterocycles. The van der Waals surface area contributed by atoms with Crippen molar-refractivity contribution in [2.45, 2.75) is 84.3 Å². The van der Waals surface area contributed by atoms with Gasteiger partial charge in [-0.25, -0.2) is 13.1 Å². The molecule has 0 radical (unpaired) electrons. The van der Waals surface area contributed by atoms with E-state index in [1.807, 2.05) is 92.5 Å². The van der Waals surface area contributed by atoms with Crippen molar-refractivity contribution in [2.75, 3.05) is 118 Å². The average Bonchev–Trinajstić information content (AvgIpc) is 3.45. The molecular weight excluding hydrogens is 993 g/mol. The Labute approximate surface area is 467 Å². The van der Waals surface area contributed by atoms with E-state index in [9.17, 15) is 8.42 Å². The van der Waals surface area contributed by atoms with Gasteiger partial charge in [-0.15, -0.1) is 0 Å². The van der Waals surface area contributed by atoms with Crippen molar-refractivity contribution < 1.29 is 8.42 Å². The van der Waals surface area contributed by atoms with E-state index in [2.05, 4.69) is 145 Å². The van der Waals surface area contributed by atoms with Gasteiger partial charge < -0.3 is 0 Å².